The van der Waals surface area contributed by atoms with E-state index in [0.29, 0.717) is 5.69 Å². The molecule has 1 saturated carbocycles. The van der Waals surface area contributed by atoms with Crippen molar-refractivity contribution in [2.75, 3.05) is 11.1 Å². The van der Waals surface area contributed by atoms with E-state index in [9.17, 15) is 0 Å². The lowest BCUT2D eigenvalue weighted by Gasteiger charge is -2.35. The van der Waals surface area contributed by atoms with E-state index in [0.717, 1.165) is 5.82 Å². The predicted molar refractivity (Wildman–Crippen MR) is 61.6 cm³/mol. The maximum atomic E-state index is 5.81. The molecule has 3 N–H and O–H groups in total. The van der Waals surface area contributed by atoms with Gasteiger partial charge in [0.25, 0.3) is 0 Å². The molecule has 0 aromatic carbocycles. The first-order valence-corrected chi connectivity index (χ1v) is 5.53. The standard InChI is InChI=1S/C11H18N4/c1-11(5-3-2-4-6-11)15-10-9(12)7-13-8-14-10/h7-8H,2-6,12H2,1H3,(H,13,14,15). The van der Waals surface area contributed by atoms with Crippen LogP contribution in [0.2, 0.25) is 0 Å². The summed E-state index contributed by atoms with van der Waals surface area (Å²) >= 11 is 0. The van der Waals surface area contributed by atoms with E-state index in [2.05, 4.69) is 22.2 Å². The van der Waals surface area contributed by atoms with Gasteiger partial charge in [-0.25, -0.2) is 9.97 Å². The summed E-state index contributed by atoms with van der Waals surface area (Å²) in [6, 6.07) is 0. The van der Waals surface area contributed by atoms with E-state index in [1.807, 2.05) is 0 Å². The fourth-order valence-electron chi connectivity index (χ4n) is 2.19. The lowest BCUT2D eigenvalue weighted by atomic mass is 9.83. The van der Waals surface area contributed by atoms with Gasteiger partial charge in [-0.1, -0.05) is 19.3 Å². The largest absolute Gasteiger partial charge is 0.394 e. The molecule has 4 heteroatoms. The van der Waals surface area contributed by atoms with E-state index >= 15 is 0 Å². The smallest absolute Gasteiger partial charge is 0.153 e. The summed E-state index contributed by atoms with van der Waals surface area (Å²) < 4.78 is 0. The summed E-state index contributed by atoms with van der Waals surface area (Å²) in [5, 5.41) is 3.45. The topological polar surface area (TPSA) is 63.8 Å². The molecule has 1 aromatic rings. The lowest BCUT2D eigenvalue weighted by Crippen LogP contribution is -2.37. The van der Waals surface area contributed by atoms with Crippen LogP contribution in [-0.2, 0) is 0 Å². The van der Waals surface area contributed by atoms with Gasteiger partial charge in [0.15, 0.2) is 5.82 Å². The number of rotatable bonds is 2. The SMILES string of the molecule is CC1(Nc2ncncc2N)CCCCC1. The first-order valence-electron chi connectivity index (χ1n) is 5.53. The summed E-state index contributed by atoms with van der Waals surface area (Å²) in [7, 11) is 0. The Kier molecular flexibility index (Phi) is 2.75. The summed E-state index contributed by atoms with van der Waals surface area (Å²) in [4.78, 5) is 8.05. The highest BCUT2D eigenvalue weighted by Gasteiger charge is 2.27. The summed E-state index contributed by atoms with van der Waals surface area (Å²) in [6.45, 7) is 2.24. The Morgan fingerprint density at radius 2 is 2.07 bits per heavy atom. The lowest BCUT2D eigenvalue weighted by molar-refractivity contribution is 0.348. The zero-order chi connectivity index (χ0) is 10.7. The van der Waals surface area contributed by atoms with Gasteiger partial charge in [0.1, 0.15) is 6.33 Å². The van der Waals surface area contributed by atoms with Crippen molar-refractivity contribution in [3.63, 3.8) is 0 Å². The van der Waals surface area contributed by atoms with Crippen molar-refractivity contribution in [2.24, 2.45) is 0 Å². The monoisotopic (exact) mass is 206 g/mol. The molecular formula is C11H18N4. The Morgan fingerprint density at radius 1 is 1.33 bits per heavy atom. The first kappa shape index (κ1) is 10.2. The van der Waals surface area contributed by atoms with Crippen LogP contribution in [-0.4, -0.2) is 15.5 Å². The second-order valence-electron chi connectivity index (χ2n) is 4.57. The van der Waals surface area contributed by atoms with Gasteiger partial charge < -0.3 is 11.1 Å². The molecule has 0 atom stereocenters. The van der Waals surface area contributed by atoms with E-state index in [4.69, 9.17) is 5.73 Å². The molecule has 1 aliphatic carbocycles. The van der Waals surface area contributed by atoms with Gasteiger partial charge in [0.2, 0.25) is 0 Å². The van der Waals surface area contributed by atoms with Crippen LogP contribution >= 0.6 is 0 Å². The van der Waals surface area contributed by atoms with Crippen molar-refractivity contribution in [1.29, 1.82) is 0 Å². The molecule has 0 saturated heterocycles. The Morgan fingerprint density at radius 3 is 2.73 bits per heavy atom. The van der Waals surface area contributed by atoms with Crippen LogP contribution < -0.4 is 11.1 Å². The number of nitrogens with two attached hydrogens (primary N) is 1. The van der Waals surface area contributed by atoms with E-state index < -0.39 is 0 Å². The van der Waals surface area contributed by atoms with Gasteiger partial charge in [-0.15, -0.1) is 0 Å². The molecule has 0 amide bonds. The molecule has 2 rings (SSSR count). The van der Waals surface area contributed by atoms with E-state index in [1.165, 1.54) is 38.4 Å². The fraction of sp³-hybridized carbons (Fsp3) is 0.636. The van der Waals surface area contributed by atoms with Crippen LogP contribution in [0.1, 0.15) is 39.0 Å². The van der Waals surface area contributed by atoms with Crippen molar-refractivity contribution in [1.82, 2.24) is 9.97 Å². The quantitative estimate of drug-likeness (QED) is 0.778. The number of nitrogens with zero attached hydrogens (tertiary/aromatic N) is 2. The molecule has 1 aliphatic rings. The minimum atomic E-state index is 0.153. The van der Waals surface area contributed by atoms with Crippen LogP contribution in [0.15, 0.2) is 12.5 Å². The average Bonchev–Trinajstić information content (AvgIpc) is 2.22. The maximum absolute atomic E-state index is 5.81. The third-order valence-electron chi connectivity index (χ3n) is 3.12. The third kappa shape index (κ3) is 2.37. The van der Waals surface area contributed by atoms with Crippen molar-refractivity contribution >= 4 is 11.5 Å². The average molecular weight is 206 g/mol. The molecule has 0 spiro atoms. The van der Waals surface area contributed by atoms with Crippen molar-refractivity contribution in [2.45, 2.75) is 44.6 Å². The highest BCUT2D eigenvalue weighted by Crippen LogP contribution is 2.31. The molecule has 1 heterocycles. The molecule has 0 radical (unpaired) electrons. The van der Waals surface area contributed by atoms with Gasteiger partial charge in [0.05, 0.1) is 11.9 Å². The highest BCUT2D eigenvalue weighted by atomic mass is 15.1. The van der Waals surface area contributed by atoms with Crippen molar-refractivity contribution in [3.8, 4) is 0 Å². The Balaban J connectivity index is 2.10. The van der Waals surface area contributed by atoms with Gasteiger partial charge in [-0.3, -0.25) is 0 Å². The molecular weight excluding hydrogens is 188 g/mol. The predicted octanol–water partition coefficient (Wildman–Crippen LogP) is 2.19. The van der Waals surface area contributed by atoms with Gasteiger partial charge in [0, 0.05) is 5.54 Å². The normalized spacial score (nSPS) is 19.8. The second-order valence-corrected chi connectivity index (χ2v) is 4.57. The first-order chi connectivity index (χ1) is 7.20. The van der Waals surface area contributed by atoms with Gasteiger partial charge in [-0.05, 0) is 19.8 Å². The summed E-state index contributed by atoms with van der Waals surface area (Å²) in [5.74, 6) is 0.773. The number of aromatic nitrogens is 2. The Bertz CT molecular complexity index is 331. The van der Waals surface area contributed by atoms with Crippen LogP contribution in [0.3, 0.4) is 0 Å². The van der Waals surface area contributed by atoms with E-state index in [-0.39, 0.29) is 5.54 Å². The molecule has 0 bridgehead atoms. The number of nitrogens with one attached hydrogen (secondary N) is 1. The van der Waals surface area contributed by atoms with Crippen LogP contribution in [0.25, 0.3) is 0 Å². The fourth-order valence-corrected chi connectivity index (χ4v) is 2.19. The maximum Gasteiger partial charge on any atom is 0.153 e. The Labute approximate surface area is 90.3 Å². The molecule has 4 nitrogen and oxygen atoms in total. The van der Waals surface area contributed by atoms with Crippen LogP contribution in [0.5, 0.6) is 0 Å². The molecule has 15 heavy (non-hydrogen) atoms. The molecule has 1 fully saturated rings. The zero-order valence-electron chi connectivity index (χ0n) is 9.16. The van der Waals surface area contributed by atoms with Crippen LogP contribution in [0, 0.1) is 0 Å². The minimum absolute atomic E-state index is 0.153. The zero-order valence-corrected chi connectivity index (χ0v) is 9.16. The second kappa shape index (κ2) is 4.04. The number of hydrogen-bond acceptors (Lipinski definition) is 4. The summed E-state index contributed by atoms with van der Waals surface area (Å²) in [6.07, 6.45) is 9.47. The number of anilines is 2. The highest BCUT2D eigenvalue weighted by molar-refractivity contribution is 5.60. The third-order valence-corrected chi connectivity index (χ3v) is 3.12. The number of hydrogen-bond donors (Lipinski definition) is 2. The molecule has 0 unspecified atom stereocenters. The van der Waals surface area contributed by atoms with Crippen LogP contribution in [0.4, 0.5) is 11.5 Å². The minimum Gasteiger partial charge on any atom is -0.394 e. The molecule has 0 aliphatic heterocycles. The Hall–Kier alpha value is -1.32. The summed E-state index contributed by atoms with van der Waals surface area (Å²) in [5.41, 5.74) is 6.59. The number of nitrogen functional groups attached to an aromatic ring is 1. The van der Waals surface area contributed by atoms with Crippen molar-refractivity contribution < 1.29 is 0 Å². The molecule has 82 valence electrons. The van der Waals surface area contributed by atoms with Gasteiger partial charge in [-0.2, -0.15) is 0 Å². The van der Waals surface area contributed by atoms with Crippen molar-refractivity contribution in [3.05, 3.63) is 12.5 Å². The van der Waals surface area contributed by atoms with E-state index in [1.54, 1.807) is 6.20 Å². The van der Waals surface area contributed by atoms with Gasteiger partial charge >= 0.3 is 0 Å². The molecule has 1 aromatic heterocycles.